The van der Waals surface area contributed by atoms with Crippen LogP contribution in [0.2, 0.25) is 0 Å². The number of hydrogen-bond acceptors (Lipinski definition) is 2. The van der Waals surface area contributed by atoms with E-state index in [1.807, 2.05) is 6.92 Å². The number of nitrogens with one attached hydrogen (secondary N) is 1. The van der Waals surface area contributed by atoms with Gasteiger partial charge in [-0.25, -0.2) is 4.79 Å². The van der Waals surface area contributed by atoms with E-state index in [1.165, 1.54) is 12.8 Å². The summed E-state index contributed by atoms with van der Waals surface area (Å²) in [7, 11) is 0. The molecule has 1 N–H and O–H groups in total. The molecule has 0 aliphatic heterocycles. The Hall–Kier alpha value is -1.17. The molecule has 2 aliphatic carbocycles. The summed E-state index contributed by atoms with van der Waals surface area (Å²) in [5.74, 6) is 8.45. The van der Waals surface area contributed by atoms with E-state index in [-0.39, 0.29) is 6.09 Å². The Bertz CT molecular complexity index is 298. The number of carbonyl (C=O) groups excluding carboxylic acids is 1. The number of alkyl carbamates (subject to hydrolysis) is 1. The summed E-state index contributed by atoms with van der Waals surface area (Å²) in [6, 6.07) is 0. The van der Waals surface area contributed by atoms with E-state index < -0.39 is 0 Å². The van der Waals surface area contributed by atoms with Gasteiger partial charge in [0.2, 0.25) is 0 Å². The minimum absolute atomic E-state index is 0.280. The van der Waals surface area contributed by atoms with Gasteiger partial charge in [-0.15, -0.1) is 11.8 Å². The van der Waals surface area contributed by atoms with Gasteiger partial charge in [0.25, 0.3) is 0 Å². The molecule has 1 saturated carbocycles. The van der Waals surface area contributed by atoms with E-state index >= 15 is 0 Å². The van der Waals surface area contributed by atoms with Gasteiger partial charge >= 0.3 is 6.09 Å². The molecule has 16 heavy (non-hydrogen) atoms. The molecule has 0 aromatic heterocycles. The predicted octanol–water partition coefficient (Wildman–Crippen LogP) is 2.17. The lowest BCUT2D eigenvalue weighted by atomic mass is 10.1. The van der Waals surface area contributed by atoms with E-state index in [0.717, 1.165) is 24.7 Å². The van der Waals surface area contributed by atoms with Crippen molar-refractivity contribution in [2.24, 2.45) is 17.8 Å². The first-order valence-electron chi connectivity index (χ1n) is 6.19. The van der Waals surface area contributed by atoms with Gasteiger partial charge in [-0.05, 0) is 37.5 Å². The number of carbonyl (C=O) groups is 1. The monoisotopic (exact) mass is 221 g/mol. The molecule has 1 amide bonds. The third kappa shape index (κ3) is 2.69. The highest BCUT2D eigenvalue weighted by Gasteiger charge is 2.49. The highest BCUT2D eigenvalue weighted by molar-refractivity contribution is 5.67. The molecule has 0 saturated heterocycles. The Labute approximate surface area is 96.9 Å². The first kappa shape index (κ1) is 11.3. The molecule has 0 bridgehead atoms. The Morgan fingerprint density at radius 1 is 1.31 bits per heavy atom. The van der Waals surface area contributed by atoms with E-state index in [0.29, 0.717) is 19.1 Å². The molecule has 88 valence electrons. The maximum atomic E-state index is 11.2. The smallest absolute Gasteiger partial charge is 0.407 e. The van der Waals surface area contributed by atoms with Crippen molar-refractivity contribution in [1.29, 1.82) is 0 Å². The molecule has 3 heteroatoms. The summed E-state index contributed by atoms with van der Waals surface area (Å²) in [4.78, 5) is 11.2. The average Bonchev–Trinajstić information content (AvgIpc) is 2.86. The highest BCUT2D eigenvalue weighted by atomic mass is 16.5. The van der Waals surface area contributed by atoms with Gasteiger partial charge in [-0.2, -0.15) is 0 Å². The maximum Gasteiger partial charge on any atom is 0.407 e. The number of amides is 1. The maximum absolute atomic E-state index is 11.2. The van der Waals surface area contributed by atoms with E-state index in [9.17, 15) is 4.79 Å². The molecule has 0 heterocycles. The molecular weight excluding hydrogens is 202 g/mol. The van der Waals surface area contributed by atoms with Crippen molar-refractivity contribution in [3.63, 3.8) is 0 Å². The van der Waals surface area contributed by atoms with Crippen molar-refractivity contribution in [2.45, 2.75) is 32.6 Å². The van der Waals surface area contributed by atoms with Gasteiger partial charge in [-0.1, -0.05) is 0 Å². The summed E-state index contributed by atoms with van der Waals surface area (Å²) in [5.41, 5.74) is 0. The molecule has 0 radical (unpaired) electrons. The molecule has 0 aromatic rings. The standard InChI is InChI=1S/C13H19NO2/c1-2-14-13(15)16-9-12-10-7-5-3-4-6-8-11(10)12/h10-12H,2,5-9H2,1H3,(H,14,15)/t10-,11+,12+. The van der Waals surface area contributed by atoms with Crippen molar-refractivity contribution < 1.29 is 9.53 Å². The summed E-state index contributed by atoms with van der Waals surface area (Å²) < 4.78 is 5.19. The first-order valence-corrected chi connectivity index (χ1v) is 6.19. The third-order valence-corrected chi connectivity index (χ3v) is 3.57. The second kappa shape index (κ2) is 5.25. The van der Waals surface area contributed by atoms with Crippen LogP contribution in [-0.2, 0) is 4.74 Å². The number of fused-ring (bicyclic) bond motifs is 1. The molecule has 0 spiro atoms. The zero-order valence-corrected chi connectivity index (χ0v) is 9.79. The van der Waals surface area contributed by atoms with Gasteiger partial charge in [0, 0.05) is 19.4 Å². The van der Waals surface area contributed by atoms with Gasteiger partial charge < -0.3 is 10.1 Å². The molecule has 2 aliphatic rings. The number of ether oxygens (including phenoxy) is 1. The summed E-state index contributed by atoms with van der Waals surface area (Å²) >= 11 is 0. The highest BCUT2D eigenvalue weighted by Crippen LogP contribution is 2.52. The van der Waals surface area contributed by atoms with Crippen molar-refractivity contribution in [3.8, 4) is 11.8 Å². The van der Waals surface area contributed by atoms with Gasteiger partial charge in [0.15, 0.2) is 0 Å². The zero-order valence-electron chi connectivity index (χ0n) is 9.79. The van der Waals surface area contributed by atoms with Crippen LogP contribution in [0.1, 0.15) is 32.6 Å². The summed E-state index contributed by atoms with van der Waals surface area (Å²) in [6.07, 6.45) is 4.11. The topological polar surface area (TPSA) is 38.3 Å². The Morgan fingerprint density at radius 2 is 1.94 bits per heavy atom. The van der Waals surface area contributed by atoms with E-state index in [4.69, 9.17) is 4.74 Å². The van der Waals surface area contributed by atoms with Crippen LogP contribution in [0, 0.1) is 29.6 Å². The van der Waals surface area contributed by atoms with Crippen LogP contribution in [0.25, 0.3) is 0 Å². The fourth-order valence-electron chi connectivity index (χ4n) is 2.65. The predicted molar refractivity (Wildman–Crippen MR) is 61.7 cm³/mol. The Kier molecular flexibility index (Phi) is 3.71. The van der Waals surface area contributed by atoms with Crippen molar-refractivity contribution in [3.05, 3.63) is 0 Å². The van der Waals surface area contributed by atoms with Crippen LogP contribution in [0.4, 0.5) is 4.79 Å². The summed E-state index contributed by atoms with van der Waals surface area (Å²) in [6.45, 7) is 3.11. The average molecular weight is 221 g/mol. The van der Waals surface area contributed by atoms with Gasteiger partial charge in [0.05, 0.1) is 6.61 Å². The second-order valence-corrected chi connectivity index (χ2v) is 4.55. The fourth-order valence-corrected chi connectivity index (χ4v) is 2.65. The largest absolute Gasteiger partial charge is 0.449 e. The molecule has 0 aromatic carbocycles. The van der Waals surface area contributed by atoms with Crippen LogP contribution in [0.3, 0.4) is 0 Å². The minimum Gasteiger partial charge on any atom is -0.449 e. The van der Waals surface area contributed by atoms with Crippen molar-refractivity contribution in [1.82, 2.24) is 5.32 Å². The lowest BCUT2D eigenvalue weighted by molar-refractivity contribution is 0.138. The van der Waals surface area contributed by atoms with Crippen LogP contribution in [0.5, 0.6) is 0 Å². The van der Waals surface area contributed by atoms with Gasteiger partial charge in [-0.3, -0.25) is 0 Å². The third-order valence-electron chi connectivity index (χ3n) is 3.57. The van der Waals surface area contributed by atoms with Gasteiger partial charge in [0.1, 0.15) is 0 Å². The number of hydrogen-bond donors (Lipinski definition) is 1. The van der Waals surface area contributed by atoms with Crippen LogP contribution >= 0.6 is 0 Å². The minimum atomic E-state index is -0.280. The van der Waals surface area contributed by atoms with E-state index in [1.54, 1.807) is 0 Å². The lowest BCUT2D eigenvalue weighted by Crippen LogP contribution is -2.24. The van der Waals surface area contributed by atoms with Crippen LogP contribution < -0.4 is 5.32 Å². The van der Waals surface area contributed by atoms with Crippen LogP contribution in [-0.4, -0.2) is 19.2 Å². The summed E-state index contributed by atoms with van der Waals surface area (Å²) in [5, 5.41) is 2.65. The van der Waals surface area contributed by atoms with Crippen molar-refractivity contribution in [2.75, 3.05) is 13.2 Å². The Balaban J connectivity index is 1.71. The molecule has 3 atom stereocenters. The SMILES string of the molecule is CCNC(=O)OC[C@H]1[C@@H]2CCC#CCC[C@@H]21. The molecule has 2 rings (SSSR count). The molecular formula is C13H19NO2. The Morgan fingerprint density at radius 3 is 2.50 bits per heavy atom. The quantitative estimate of drug-likeness (QED) is 0.742. The van der Waals surface area contributed by atoms with Crippen LogP contribution in [0.15, 0.2) is 0 Å². The fraction of sp³-hybridized carbons (Fsp3) is 0.769. The van der Waals surface area contributed by atoms with Crippen molar-refractivity contribution >= 4 is 6.09 Å². The molecule has 1 fully saturated rings. The lowest BCUT2D eigenvalue weighted by Gasteiger charge is -2.04. The zero-order chi connectivity index (χ0) is 11.4. The molecule has 0 unspecified atom stereocenters. The first-order chi connectivity index (χ1) is 7.83. The van der Waals surface area contributed by atoms with E-state index in [2.05, 4.69) is 17.2 Å². The molecule has 3 nitrogen and oxygen atoms in total. The number of rotatable bonds is 3. The second-order valence-electron chi connectivity index (χ2n) is 4.55. The normalized spacial score (nSPS) is 31.2.